The van der Waals surface area contributed by atoms with E-state index in [1.54, 1.807) is 13.1 Å². The first-order valence-electron chi connectivity index (χ1n) is 9.12. The molecule has 1 aliphatic carbocycles. The predicted molar refractivity (Wildman–Crippen MR) is 118 cm³/mol. The first-order valence-corrected chi connectivity index (χ1v) is 9.12. The van der Waals surface area contributed by atoms with E-state index in [0.717, 1.165) is 30.2 Å². The van der Waals surface area contributed by atoms with Crippen molar-refractivity contribution >= 4 is 29.9 Å². The quantitative estimate of drug-likeness (QED) is 0.398. The van der Waals surface area contributed by atoms with Gasteiger partial charge in [0.15, 0.2) is 5.96 Å². The zero-order valence-electron chi connectivity index (χ0n) is 16.6. The van der Waals surface area contributed by atoms with Gasteiger partial charge in [-0.3, -0.25) is 9.67 Å². The van der Waals surface area contributed by atoms with Crippen LogP contribution in [0.3, 0.4) is 0 Å². The highest BCUT2D eigenvalue weighted by atomic mass is 127. The van der Waals surface area contributed by atoms with Crippen LogP contribution in [0.1, 0.15) is 48.9 Å². The molecule has 1 saturated carbocycles. The fourth-order valence-electron chi connectivity index (χ4n) is 3.48. The lowest BCUT2D eigenvalue weighted by Gasteiger charge is -2.22. The van der Waals surface area contributed by atoms with Crippen LogP contribution in [-0.4, -0.2) is 40.8 Å². The van der Waals surface area contributed by atoms with Crippen molar-refractivity contribution in [2.24, 2.45) is 12.0 Å². The minimum absolute atomic E-state index is 0. The fraction of sp³-hybridized carbons (Fsp3) is 0.500. The highest BCUT2D eigenvalue weighted by Crippen LogP contribution is 2.41. The third kappa shape index (κ3) is 5.00. The SMILES string of the molecule is CN=C(NC1CC1c1ccccc1F)N(C)Cc1cn(C)nc1C(C)C.I. The number of aromatic nitrogens is 2. The smallest absolute Gasteiger partial charge is 0.193 e. The van der Waals surface area contributed by atoms with Crippen LogP contribution in [0.15, 0.2) is 35.5 Å². The second-order valence-electron chi connectivity index (χ2n) is 7.39. The molecule has 0 amide bonds. The van der Waals surface area contributed by atoms with Crippen LogP contribution in [0.2, 0.25) is 0 Å². The number of aryl methyl sites for hydroxylation is 1. The Labute approximate surface area is 178 Å². The van der Waals surface area contributed by atoms with E-state index < -0.39 is 0 Å². The molecule has 1 aromatic heterocycles. The summed E-state index contributed by atoms with van der Waals surface area (Å²) < 4.78 is 15.8. The molecule has 0 radical (unpaired) electrons. The molecule has 1 heterocycles. The monoisotopic (exact) mass is 485 g/mol. The van der Waals surface area contributed by atoms with Gasteiger partial charge >= 0.3 is 0 Å². The maximum atomic E-state index is 14.0. The second-order valence-corrected chi connectivity index (χ2v) is 7.39. The number of nitrogens with zero attached hydrogens (tertiary/aromatic N) is 4. The molecule has 2 atom stereocenters. The number of guanidine groups is 1. The number of hydrogen-bond acceptors (Lipinski definition) is 2. The fourth-order valence-corrected chi connectivity index (χ4v) is 3.48. The summed E-state index contributed by atoms with van der Waals surface area (Å²) in [5, 5.41) is 8.05. The van der Waals surface area contributed by atoms with E-state index in [-0.39, 0.29) is 41.8 Å². The average Bonchev–Trinajstić information content (AvgIpc) is 3.26. The van der Waals surface area contributed by atoms with E-state index in [1.165, 1.54) is 11.6 Å². The lowest BCUT2D eigenvalue weighted by atomic mass is 10.1. The zero-order valence-corrected chi connectivity index (χ0v) is 18.9. The van der Waals surface area contributed by atoms with Crippen molar-refractivity contribution in [1.82, 2.24) is 20.0 Å². The van der Waals surface area contributed by atoms with Crippen LogP contribution >= 0.6 is 24.0 Å². The van der Waals surface area contributed by atoms with Crippen molar-refractivity contribution in [3.05, 3.63) is 53.1 Å². The van der Waals surface area contributed by atoms with Crippen molar-refractivity contribution in [2.45, 2.75) is 44.7 Å². The van der Waals surface area contributed by atoms with Crippen molar-refractivity contribution < 1.29 is 4.39 Å². The van der Waals surface area contributed by atoms with Gasteiger partial charge in [-0.15, -0.1) is 24.0 Å². The van der Waals surface area contributed by atoms with Gasteiger partial charge in [0, 0.05) is 51.4 Å². The van der Waals surface area contributed by atoms with Crippen molar-refractivity contribution in [3.8, 4) is 0 Å². The molecule has 0 spiro atoms. The normalized spacial score (nSPS) is 19.0. The topological polar surface area (TPSA) is 45.5 Å². The molecule has 0 aliphatic heterocycles. The molecule has 27 heavy (non-hydrogen) atoms. The van der Waals surface area contributed by atoms with Crippen LogP contribution in [0.25, 0.3) is 0 Å². The third-order valence-electron chi connectivity index (χ3n) is 4.87. The third-order valence-corrected chi connectivity index (χ3v) is 4.87. The van der Waals surface area contributed by atoms with Crippen LogP contribution in [-0.2, 0) is 13.6 Å². The Bertz CT molecular complexity index is 801. The van der Waals surface area contributed by atoms with Crippen molar-refractivity contribution in [3.63, 3.8) is 0 Å². The summed E-state index contributed by atoms with van der Waals surface area (Å²) in [5.74, 6) is 1.30. The van der Waals surface area contributed by atoms with Crippen LogP contribution < -0.4 is 5.32 Å². The minimum atomic E-state index is -0.123. The molecule has 7 heteroatoms. The van der Waals surface area contributed by atoms with Gasteiger partial charge in [0.25, 0.3) is 0 Å². The minimum Gasteiger partial charge on any atom is -0.353 e. The molecule has 0 bridgehead atoms. The van der Waals surface area contributed by atoms with Crippen molar-refractivity contribution in [2.75, 3.05) is 14.1 Å². The van der Waals surface area contributed by atoms with Crippen LogP contribution in [0.5, 0.6) is 0 Å². The molecule has 2 unspecified atom stereocenters. The Morgan fingerprint density at radius 2 is 2.11 bits per heavy atom. The van der Waals surface area contributed by atoms with Gasteiger partial charge in [0.05, 0.1) is 5.69 Å². The molecule has 3 rings (SSSR count). The Hall–Kier alpha value is -1.64. The number of nitrogens with one attached hydrogen (secondary N) is 1. The highest BCUT2D eigenvalue weighted by molar-refractivity contribution is 14.0. The van der Waals surface area contributed by atoms with E-state index in [0.29, 0.717) is 5.92 Å². The lowest BCUT2D eigenvalue weighted by molar-refractivity contribution is 0.472. The molecule has 5 nitrogen and oxygen atoms in total. The Balaban J connectivity index is 0.00000261. The standard InChI is InChI=1S/C20H28FN5.HI/c1-13(2)19-14(12-26(5)24-19)11-25(4)20(22-3)23-18-10-16(18)15-8-6-7-9-17(15)21;/h6-9,12-13,16,18H,10-11H2,1-5H3,(H,22,23);1H. The summed E-state index contributed by atoms with van der Waals surface area (Å²) in [6.45, 7) is 5.04. The Kier molecular flexibility index (Phi) is 7.25. The predicted octanol–water partition coefficient (Wildman–Crippen LogP) is 3.86. The van der Waals surface area contributed by atoms with Gasteiger partial charge in [-0.05, 0) is 24.0 Å². The number of rotatable bonds is 5. The zero-order chi connectivity index (χ0) is 18.8. The number of benzene rings is 1. The second kappa shape index (κ2) is 9.03. The summed E-state index contributed by atoms with van der Waals surface area (Å²) in [4.78, 5) is 6.50. The van der Waals surface area contributed by atoms with Gasteiger partial charge in [-0.1, -0.05) is 32.0 Å². The van der Waals surface area contributed by atoms with E-state index in [9.17, 15) is 4.39 Å². The molecular weight excluding hydrogens is 456 g/mol. The van der Waals surface area contributed by atoms with Gasteiger partial charge in [0.1, 0.15) is 5.82 Å². The molecule has 1 aliphatic rings. The van der Waals surface area contributed by atoms with Crippen LogP contribution in [0.4, 0.5) is 4.39 Å². The van der Waals surface area contributed by atoms with E-state index in [1.807, 2.05) is 30.9 Å². The summed E-state index contributed by atoms with van der Waals surface area (Å²) in [6.07, 6.45) is 3.00. The lowest BCUT2D eigenvalue weighted by Crippen LogP contribution is -2.40. The molecule has 148 valence electrons. The largest absolute Gasteiger partial charge is 0.353 e. The van der Waals surface area contributed by atoms with Gasteiger partial charge in [0.2, 0.25) is 0 Å². The summed E-state index contributed by atoms with van der Waals surface area (Å²) >= 11 is 0. The van der Waals surface area contributed by atoms with Gasteiger partial charge in [-0.2, -0.15) is 5.10 Å². The van der Waals surface area contributed by atoms with Gasteiger partial charge < -0.3 is 10.2 Å². The highest BCUT2D eigenvalue weighted by Gasteiger charge is 2.40. The Morgan fingerprint density at radius 3 is 2.74 bits per heavy atom. The molecule has 1 aromatic carbocycles. The number of halogens is 2. The van der Waals surface area contributed by atoms with Gasteiger partial charge in [-0.25, -0.2) is 4.39 Å². The maximum Gasteiger partial charge on any atom is 0.193 e. The first-order chi connectivity index (χ1) is 12.4. The number of aliphatic imine (C=N–C) groups is 1. The summed E-state index contributed by atoms with van der Waals surface area (Å²) in [5.41, 5.74) is 3.11. The van der Waals surface area contributed by atoms with Crippen molar-refractivity contribution in [1.29, 1.82) is 0 Å². The molecule has 1 fully saturated rings. The van der Waals surface area contributed by atoms with E-state index in [2.05, 4.69) is 40.4 Å². The molecule has 2 aromatic rings. The van der Waals surface area contributed by atoms with Crippen LogP contribution in [0, 0.1) is 5.82 Å². The number of hydrogen-bond donors (Lipinski definition) is 1. The maximum absolute atomic E-state index is 14.0. The Morgan fingerprint density at radius 1 is 1.41 bits per heavy atom. The molecule has 1 N–H and O–H groups in total. The average molecular weight is 485 g/mol. The summed E-state index contributed by atoms with van der Waals surface area (Å²) in [7, 11) is 5.75. The first kappa shape index (κ1) is 21.7. The van der Waals surface area contributed by atoms with E-state index >= 15 is 0 Å². The molecular formula is C20H29FIN5. The van der Waals surface area contributed by atoms with E-state index in [4.69, 9.17) is 0 Å². The molecule has 0 saturated heterocycles. The summed E-state index contributed by atoms with van der Waals surface area (Å²) in [6, 6.07) is 7.26.